The van der Waals surface area contributed by atoms with Gasteiger partial charge in [0.2, 0.25) is 5.91 Å². The van der Waals surface area contributed by atoms with Crippen molar-refractivity contribution in [2.75, 3.05) is 19.6 Å². The molecule has 2 bridgehead atoms. The van der Waals surface area contributed by atoms with Gasteiger partial charge in [-0.2, -0.15) is 0 Å². The summed E-state index contributed by atoms with van der Waals surface area (Å²) in [6, 6.07) is 3.85. The van der Waals surface area contributed by atoms with E-state index in [1.807, 2.05) is 11.0 Å². The van der Waals surface area contributed by atoms with Gasteiger partial charge in [0.05, 0.1) is 16.6 Å². The van der Waals surface area contributed by atoms with Crippen molar-refractivity contribution in [2.45, 2.75) is 80.1 Å². The Balaban J connectivity index is 1.43. The summed E-state index contributed by atoms with van der Waals surface area (Å²) in [5.74, 6) is 1.43. The second-order valence-corrected chi connectivity index (χ2v) is 11.2. The summed E-state index contributed by atoms with van der Waals surface area (Å²) < 4.78 is 6.71. The molecule has 170 valence electrons. The first-order valence-electron chi connectivity index (χ1n) is 12.4. The van der Waals surface area contributed by atoms with Gasteiger partial charge < -0.3 is 19.8 Å². The highest BCUT2D eigenvalue weighted by atomic mass is 16.5. The molecule has 6 heteroatoms. The summed E-state index contributed by atoms with van der Waals surface area (Å²) in [4.78, 5) is 17.5. The van der Waals surface area contributed by atoms with Crippen LogP contribution < -0.4 is 4.74 Å². The van der Waals surface area contributed by atoms with Crippen molar-refractivity contribution in [1.29, 1.82) is 0 Å². The lowest BCUT2D eigenvalue weighted by molar-refractivity contribution is -0.216. The van der Waals surface area contributed by atoms with Gasteiger partial charge in [0.15, 0.2) is 11.5 Å². The predicted molar refractivity (Wildman–Crippen MR) is 119 cm³/mol. The van der Waals surface area contributed by atoms with Crippen molar-refractivity contribution in [2.24, 2.45) is 5.92 Å². The van der Waals surface area contributed by atoms with Gasteiger partial charge in [-0.1, -0.05) is 12.6 Å². The monoisotopic (exact) mass is 436 g/mol. The number of benzene rings is 1. The summed E-state index contributed by atoms with van der Waals surface area (Å²) in [6.07, 6.45) is 8.47. The molecule has 1 aromatic carbocycles. The number of amides is 1. The first-order valence-corrected chi connectivity index (χ1v) is 12.4. The lowest BCUT2D eigenvalue weighted by Gasteiger charge is -2.67. The van der Waals surface area contributed by atoms with E-state index >= 15 is 0 Å². The van der Waals surface area contributed by atoms with E-state index in [0.29, 0.717) is 18.7 Å². The van der Waals surface area contributed by atoms with Crippen molar-refractivity contribution >= 4 is 5.91 Å². The Kier molecular flexibility index (Phi) is 3.69. The first kappa shape index (κ1) is 19.4. The number of hydrogen-bond acceptors (Lipinski definition) is 5. The summed E-state index contributed by atoms with van der Waals surface area (Å²) in [5.41, 5.74) is 0.284. The first-order chi connectivity index (χ1) is 15.4. The Morgan fingerprint density at radius 2 is 2.06 bits per heavy atom. The van der Waals surface area contributed by atoms with Gasteiger partial charge in [-0.3, -0.25) is 9.69 Å². The van der Waals surface area contributed by atoms with Gasteiger partial charge in [0, 0.05) is 24.7 Å². The van der Waals surface area contributed by atoms with E-state index in [0.717, 1.165) is 56.7 Å². The Bertz CT molecular complexity index is 1040. The van der Waals surface area contributed by atoms with Crippen molar-refractivity contribution < 1.29 is 19.7 Å². The Hall–Kier alpha value is -2.05. The minimum atomic E-state index is -0.909. The van der Waals surface area contributed by atoms with Crippen LogP contribution in [0.5, 0.6) is 11.5 Å². The summed E-state index contributed by atoms with van der Waals surface area (Å²) in [5, 5.41) is 23.4. The van der Waals surface area contributed by atoms with E-state index in [2.05, 4.69) is 11.5 Å². The number of carbonyl (C=O) groups excluding carboxylic acids is 1. The molecule has 1 amide bonds. The second-order valence-electron chi connectivity index (χ2n) is 11.2. The quantitative estimate of drug-likeness (QED) is 0.713. The third-order valence-electron chi connectivity index (χ3n) is 9.91. The minimum Gasteiger partial charge on any atom is -0.504 e. The molecule has 5 atom stereocenters. The molecule has 6 aliphatic rings. The Morgan fingerprint density at radius 1 is 1.22 bits per heavy atom. The van der Waals surface area contributed by atoms with Crippen LogP contribution in [0, 0.1) is 5.92 Å². The number of aromatic hydroxyl groups is 1. The molecule has 2 spiro atoms. The van der Waals surface area contributed by atoms with Gasteiger partial charge in [-0.05, 0) is 81.5 Å². The van der Waals surface area contributed by atoms with Crippen LogP contribution in [-0.2, 0) is 16.6 Å². The van der Waals surface area contributed by atoms with E-state index in [1.54, 1.807) is 6.07 Å². The van der Waals surface area contributed by atoms with Crippen LogP contribution in [0.3, 0.4) is 0 Å². The molecule has 0 aromatic heterocycles. The Labute approximate surface area is 188 Å². The SMILES string of the molecule is C=CC(=O)N1CCC[C@]12CC[C@@]1(O)[C@H]3Cc4ccc(O)c5c4[C@@]1(CCN3CC1CC1)[C@H]2O5. The molecular weight excluding hydrogens is 404 g/mol. The van der Waals surface area contributed by atoms with Crippen molar-refractivity contribution in [3.63, 3.8) is 0 Å². The van der Waals surface area contributed by atoms with E-state index in [1.165, 1.54) is 24.5 Å². The molecule has 32 heavy (non-hydrogen) atoms. The minimum absolute atomic E-state index is 0.0492. The summed E-state index contributed by atoms with van der Waals surface area (Å²) >= 11 is 0. The van der Waals surface area contributed by atoms with Gasteiger partial charge >= 0.3 is 0 Å². The zero-order chi connectivity index (χ0) is 21.9. The highest BCUT2D eigenvalue weighted by Crippen LogP contribution is 2.69. The van der Waals surface area contributed by atoms with E-state index in [-0.39, 0.29) is 23.8 Å². The predicted octanol–water partition coefficient (Wildman–Crippen LogP) is 2.50. The maximum Gasteiger partial charge on any atom is 0.246 e. The standard InChI is InChI=1S/C26H32N2O4/c1-2-20(30)28-12-3-8-24(28)9-10-26(31)19-14-17-6-7-18(29)22-21(17)25(26,23(24)32-22)11-13-27(19)15-16-4-5-16/h2,6-7,16,19,23,29,31H,1,3-5,8-15H2/t19-,23+,24-,25+,26-/m1/s1. The smallest absolute Gasteiger partial charge is 0.246 e. The van der Waals surface area contributed by atoms with E-state index < -0.39 is 16.6 Å². The number of aliphatic hydroxyl groups is 1. The number of piperidine rings is 1. The molecule has 0 unspecified atom stereocenters. The van der Waals surface area contributed by atoms with Crippen LogP contribution in [-0.4, -0.2) is 68.8 Å². The number of fused-ring (bicyclic) bond motifs is 1. The summed E-state index contributed by atoms with van der Waals surface area (Å²) in [6.45, 7) is 6.46. The largest absolute Gasteiger partial charge is 0.504 e. The number of hydrogen-bond donors (Lipinski definition) is 2. The zero-order valence-corrected chi connectivity index (χ0v) is 18.6. The molecule has 6 nitrogen and oxygen atoms in total. The van der Waals surface area contributed by atoms with Crippen LogP contribution in [0.2, 0.25) is 0 Å². The molecule has 2 N–H and O–H groups in total. The number of likely N-dealkylation sites (tertiary alicyclic amines) is 2. The molecule has 2 saturated heterocycles. The van der Waals surface area contributed by atoms with Gasteiger partial charge in [0.1, 0.15) is 6.10 Å². The average molecular weight is 437 g/mol. The number of phenolic OH excluding ortho intramolecular Hbond substituents is 1. The fraction of sp³-hybridized carbons (Fsp3) is 0.654. The van der Waals surface area contributed by atoms with Gasteiger partial charge in [0.25, 0.3) is 0 Å². The highest BCUT2D eigenvalue weighted by Gasteiger charge is 2.77. The van der Waals surface area contributed by atoms with Gasteiger partial charge in [-0.15, -0.1) is 0 Å². The molecule has 2 saturated carbocycles. The Morgan fingerprint density at radius 3 is 2.84 bits per heavy atom. The number of ether oxygens (including phenoxy) is 1. The molecule has 1 aromatic rings. The lowest BCUT2D eigenvalue weighted by atomic mass is 9.45. The van der Waals surface area contributed by atoms with Crippen LogP contribution in [0.15, 0.2) is 24.8 Å². The third-order valence-corrected chi connectivity index (χ3v) is 9.91. The fourth-order valence-electron chi connectivity index (χ4n) is 8.46. The average Bonchev–Trinajstić information content (AvgIpc) is 3.38. The topological polar surface area (TPSA) is 73.2 Å². The maximum atomic E-state index is 12.9. The van der Waals surface area contributed by atoms with Crippen LogP contribution in [0.4, 0.5) is 0 Å². The number of carbonyl (C=O) groups is 1. The molecule has 4 fully saturated rings. The lowest BCUT2D eigenvalue weighted by Crippen LogP contribution is -2.80. The fourth-order valence-corrected chi connectivity index (χ4v) is 8.46. The molecular formula is C26H32N2O4. The van der Waals surface area contributed by atoms with Crippen LogP contribution in [0.1, 0.15) is 56.1 Å². The number of nitrogens with zero attached hydrogens (tertiary/aromatic N) is 2. The van der Waals surface area contributed by atoms with Crippen molar-refractivity contribution in [3.8, 4) is 11.5 Å². The molecule has 3 heterocycles. The maximum absolute atomic E-state index is 12.9. The number of rotatable bonds is 3. The third kappa shape index (κ3) is 2.07. The normalized spacial score (nSPS) is 41.5. The number of phenols is 1. The molecule has 0 radical (unpaired) electrons. The molecule has 3 aliphatic heterocycles. The second kappa shape index (κ2) is 6.09. The molecule has 7 rings (SSSR count). The molecule has 3 aliphatic carbocycles. The highest BCUT2D eigenvalue weighted by molar-refractivity contribution is 5.88. The zero-order valence-electron chi connectivity index (χ0n) is 18.6. The van der Waals surface area contributed by atoms with Crippen molar-refractivity contribution in [3.05, 3.63) is 35.9 Å². The van der Waals surface area contributed by atoms with Crippen molar-refractivity contribution in [1.82, 2.24) is 9.80 Å². The van der Waals surface area contributed by atoms with E-state index in [9.17, 15) is 15.0 Å². The van der Waals surface area contributed by atoms with E-state index in [4.69, 9.17) is 4.74 Å². The van der Waals surface area contributed by atoms with Gasteiger partial charge in [-0.25, -0.2) is 0 Å². The summed E-state index contributed by atoms with van der Waals surface area (Å²) in [7, 11) is 0. The van der Waals surface area contributed by atoms with Crippen LogP contribution in [0.25, 0.3) is 0 Å². The van der Waals surface area contributed by atoms with Crippen LogP contribution >= 0.6 is 0 Å².